The number of benzene rings is 1. The Labute approximate surface area is 132 Å². The Balaban J connectivity index is 2.46. The molecule has 2 nitrogen and oxygen atoms in total. The van der Waals surface area contributed by atoms with E-state index in [1.807, 2.05) is 13.8 Å². The minimum atomic E-state index is -0.242. The molecule has 0 aliphatic rings. The van der Waals surface area contributed by atoms with E-state index in [9.17, 15) is 9.18 Å². The number of carbonyl (C=O) groups is 1. The highest BCUT2D eigenvalue weighted by Gasteiger charge is 2.12. The lowest BCUT2D eigenvalue weighted by Gasteiger charge is -2.20. The highest BCUT2D eigenvalue weighted by atomic mass is 79.9. The van der Waals surface area contributed by atoms with Crippen molar-refractivity contribution in [3.63, 3.8) is 0 Å². The second-order valence-electron chi connectivity index (χ2n) is 4.59. The number of rotatable bonds is 7. The van der Waals surface area contributed by atoms with Gasteiger partial charge in [-0.15, -0.1) is 11.8 Å². The second kappa shape index (κ2) is 8.47. The molecule has 0 heterocycles. The number of nitrogens with zero attached hydrogens (tertiary/aromatic N) is 1. The summed E-state index contributed by atoms with van der Waals surface area (Å²) in [6, 6.07) is 4.99. The zero-order valence-corrected chi connectivity index (χ0v) is 14.2. The molecule has 0 bridgehead atoms. The third kappa shape index (κ3) is 5.67. The van der Waals surface area contributed by atoms with E-state index >= 15 is 0 Å². The predicted octanol–water partition coefficient (Wildman–Crippen LogP) is 4.25. The molecule has 0 saturated heterocycles. The largest absolute Gasteiger partial charge is 0.338 e. The zero-order valence-electron chi connectivity index (χ0n) is 11.8. The monoisotopic (exact) mass is 359 g/mol. The van der Waals surface area contributed by atoms with Crippen molar-refractivity contribution in [1.29, 1.82) is 0 Å². The molecule has 20 heavy (non-hydrogen) atoms. The van der Waals surface area contributed by atoms with Gasteiger partial charge in [-0.3, -0.25) is 4.79 Å². The SMILES string of the molecule is C=C(C)CN(CC)C(=O)CSCc1ccc(Br)cc1F. The summed E-state index contributed by atoms with van der Waals surface area (Å²) in [5.41, 5.74) is 1.58. The van der Waals surface area contributed by atoms with Crippen molar-refractivity contribution >= 4 is 33.6 Å². The van der Waals surface area contributed by atoms with Crippen molar-refractivity contribution in [2.24, 2.45) is 0 Å². The van der Waals surface area contributed by atoms with Crippen LogP contribution in [0.2, 0.25) is 0 Å². The Morgan fingerprint density at radius 3 is 2.75 bits per heavy atom. The molecule has 1 amide bonds. The van der Waals surface area contributed by atoms with Crippen LogP contribution in [0, 0.1) is 5.82 Å². The Morgan fingerprint density at radius 1 is 1.50 bits per heavy atom. The fourth-order valence-corrected chi connectivity index (χ4v) is 2.93. The van der Waals surface area contributed by atoms with Crippen molar-refractivity contribution in [3.05, 3.63) is 46.2 Å². The highest BCUT2D eigenvalue weighted by Crippen LogP contribution is 2.20. The van der Waals surface area contributed by atoms with Gasteiger partial charge in [0.05, 0.1) is 5.75 Å². The number of amides is 1. The summed E-state index contributed by atoms with van der Waals surface area (Å²) in [6.07, 6.45) is 0. The first-order valence-electron chi connectivity index (χ1n) is 6.37. The standard InChI is InChI=1S/C15H19BrFNOS/c1-4-18(8-11(2)3)15(19)10-20-9-12-5-6-13(16)7-14(12)17/h5-7H,2,4,8-10H2,1,3H3. The van der Waals surface area contributed by atoms with Gasteiger partial charge in [0.15, 0.2) is 0 Å². The predicted molar refractivity (Wildman–Crippen MR) is 87.3 cm³/mol. The summed E-state index contributed by atoms with van der Waals surface area (Å²) in [4.78, 5) is 13.8. The Morgan fingerprint density at radius 2 is 2.20 bits per heavy atom. The van der Waals surface area contributed by atoms with Crippen LogP contribution in [-0.4, -0.2) is 29.6 Å². The third-order valence-electron chi connectivity index (χ3n) is 2.69. The van der Waals surface area contributed by atoms with Crippen molar-refractivity contribution in [3.8, 4) is 0 Å². The first-order valence-corrected chi connectivity index (χ1v) is 8.32. The molecule has 0 unspecified atom stereocenters. The zero-order chi connectivity index (χ0) is 15.1. The van der Waals surface area contributed by atoms with Crippen molar-refractivity contribution < 1.29 is 9.18 Å². The molecular weight excluding hydrogens is 341 g/mol. The number of hydrogen-bond donors (Lipinski definition) is 0. The van der Waals surface area contributed by atoms with Crippen LogP contribution in [0.25, 0.3) is 0 Å². The summed E-state index contributed by atoms with van der Waals surface area (Å²) in [7, 11) is 0. The van der Waals surface area contributed by atoms with Gasteiger partial charge in [-0.25, -0.2) is 4.39 Å². The lowest BCUT2D eigenvalue weighted by Crippen LogP contribution is -2.33. The van der Waals surface area contributed by atoms with Crippen LogP contribution in [0.1, 0.15) is 19.4 Å². The number of hydrogen-bond acceptors (Lipinski definition) is 2. The van der Waals surface area contributed by atoms with E-state index in [1.54, 1.807) is 17.0 Å². The Hall–Kier alpha value is -0.810. The topological polar surface area (TPSA) is 20.3 Å². The third-order valence-corrected chi connectivity index (χ3v) is 4.15. The van der Waals surface area contributed by atoms with Crippen LogP contribution in [-0.2, 0) is 10.5 Å². The lowest BCUT2D eigenvalue weighted by atomic mass is 10.2. The molecule has 1 aromatic rings. The smallest absolute Gasteiger partial charge is 0.232 e. The van der Waals surface area contributed by atoms with E-state index in [4.69, 9.17) is 0 Å². The maximum atomic E-state index is 13.6. The molecule has 0 radical (unpaired) electrons. The molecule has 0 aliphatic carbocycles. The van der Waals surface area contributed by atoms with Gasteiger partial charge in [0.25, 0.3) is 0 Å². The van der Waals surface area contributed by atoms with Crippen LogP contribution in [0.5, 0.6) is 0 Å². The maximum absolute atomic E-state index is 13.6. The molecule has 0 spiro atoms. The normalized spacial score (nSPS) is 10.4. The van der Waals surface area contributed by atoms with Crippen LogP contribution in [0.4, 0.5) is 4.39 Å². The molecule has 1 rings (SSSR count). The minimum Gasteiger partial charge on any atom is -0.338 e. The molecule has 0 aliphatic heterocycles. The van der Waals surface area contributed by atoms with Crippen molar-refractivity contribution in [2.75, 3.05) is 18.8 Å². The number of carbonyl (C=O) groups excluding carboxylic acids is 1. The average Bonchev–Trinajstić information content (AvgIpc) is 2.38. The van der Waals surface area contributed by atoms with Crippen molar-refractivity contribution in [1.82, 2.24) is 4.90 Å². The molecule has 110 valence electrons. The van der Waals surface area contributed by atoms with E-state index < -0.39 is 0 Å². The van der Waals surface area contributed by atoms with Crippen molar-refractivity contribution in [2.45, 2.75) is 19.6 Å². The van der Waals surface area contributed by atoms with E-state index in [0.29, 0.717) is 30.2 Å². The van der Waals surface area contributed by atoms with E-state index in [-0.39, 0.29) is 11.7 Å². The fourth-order valence-electron chi connectivity index (χ4n) is 1.68. The summed E-state index contributed by atoms with van der Waals surface area (Å²) in [5.74, 6) is 0.679. The van der Waals surface area contributed by atoms with Gasteiger partial charge in [-0.05, 0) is 31.5 Å². The van der Waals surface area contributed by atoms with Gasteiger partial charge in [-0.1, -0.05) is 34.1 Å². The maximum Gasteiger partial charge on any atom is 0.232 e. The van der Waals surface area contributed by atoms with Gasteiger partial charge in [-0.2, -0.15) is 0 Å². The molecule has 5 heteroatoms. The van der Waals surface area contributed by atoms with E-state index in [0.717, 1.165) is 10.0 Å². The molecule has 0 fully saturated rings. The highest BCUT2D eigenvalue weighted by molar-refractivity contribution is 9.10. The molecule has 0 aromatic heterocycles. The van der Waals surface area contributed by atoms with Gasteiger partial charge < -0.3 is 4.90 Å². The summed E-state index contributed by atoms with van der Waals surface area (Å²) < 4.78 is 14.3. The van der Waals surface area contributed by atoms with Gasteiger partial charge in [0.1, 0.15) is 5.82 Å². The second-order valence-corrected chi connectivity index (χ2v) is 6.49. The summed E-state index contributed by atoms with van der Waals surface area (Å²) in [5, 5.41) is 0. The Bertz CT molecular complexity index is 493. The molecular formula is C15H19BrFNOS. The van der Waals surface area contributed by atoms with Gasteiger partial charge in [0.2, 0.25) is 5.91 Å². The van der Waals surface area contributed by atoms with Crippen LogP contribution in [0.15, 0.2) is 34.8 Å². The summed E-state index contributed by atoms with van der Waals surface area (Å²) in [6.45, 7) is 8.92. The average molecular weight is 360 g/mol. The van der Waals surface area contributed by atoms with Crippen LogP contribution in [0.3, 0.4) is 0 Å². The number of halogens is 2. The molecule has 1 aromatic carbocycles. The molecule has 0 saturated carbocycles. The van der Waals surface area contributed by atoms with Crippen LogP contribution >= 0.6 is 27.7 Å². The lowest BCUT2D eigenvalue weighted by molar-refractivity contribution is -0.127. The fraction of sp³-hybridized carbons (Fsp3) is 0.400. The van der Waals surface area contributed by atoms with Crippen LogP contribution < -0.4 is 0 Å². The van der Waals surface area contributed by atoms with E-state index in [2.05, 4.69) is 22.5 Å². The van der Waals surface area contributed by atoms with E-state index in [1.165, 1.54) is 17.8 Å². The van der Waals surface area contributed by atoms with Gasteiger partial charge >= 0.3 is 0 Å². The number of likely N-dealkylation sites (N-methyl/N-ethyl adjacent to an activating group) is 1. The molecule has 0 atom stereocenters. The summed E-state index contributed by atoms with van der Waals surface area (Å²) >= 11 is 4.65. The first-order chi connectivity index (χ1) is 9.43. The number of thioether (sulfide) groups is 1. The molecule has 0 N–H and O–H groups in total. The minimum absolute atomic E-state index is 0.0676. The van der Waals surface area contributed by atoms with Gasteiger partial charge in [0, 0.05) is 23.3 Å². The first kappa shape index (κ1) is 17.2. The quantitative estimate of drug-likeness (QED) is 0.678. The Kier molecular flexibility index (Phi) is 7.30.